The van der Waals surface area contributed by atoms with Crippen molar-refractivity contribution in [1.82, 2.24) is 0 Å². The first-order valence-electron chi connectivity index (χ1n) is 5.19. The van der Waals surface area contributed by atoms with Crippen LogP contribution in [-0.4, -0.2) is 8.42 Å². The Hall–Kier alpha value is -1.38. The average molecular weight is 349 g/mol. The summed E-state index contributed by atoms with van der Waals surface area (Å²) in [5, 5.41) is -0.310. The second-order valence-electron chi connectivity index (χ2n) is 3.65. The van der Waals surface area contributed by atoms with E-state index >= 15 is 0 Å². The van der Waals surface area contributed by atoms with Gasteiger partial charge in [0.05, 0.1) is 12.2 Å². The van der Waals surface area contributed by atoms with E-state index in [1.807, 2.05) is 0 Å². The van der Waals surface area contributed by atoms with Crippen LogP contribution in [0.3, 0.4) is 0 Å². The summed E-state index contributed by atoms with van der Waals surface area (Å²) in [7, 11) is -3.97. The lowest BCUT2D eigenvalue weighted by atomic mass is 10.3. The molecule has 0 spiro atoms. The molecule has 3 N–H and O–H groups in total. The van der Waals surface area contributed by atoms with Gasteiger partial charge in [0.1, 0.15) is 11.6 Å². The van der Waals surface area contributed by atoms with Crippen LogP contribution < -0.4 is 10.5 Å². The van der Waals surface area contributed by atoms with Crippen LogP contribution >= 0.6 is 15.9 Å². The van der Waals surface area contributed by atoms with Crippen LogP contribution in [0.2, 0.25) is 0 Å². The van der Waals surface area contributed by atoms with Crippen LogP contribution in [0.1, 0.15) is 5.76 Å². The number of anilines is 1. The zero-order valence-electron chi connectivity index (χ0n) is 9.56. The number of nitrogens with two attached hydrogens (primary N) is 1. The molecule has 5 nitrogen and oxygen atoms in total. The van der Waals surface area contributed by atoms with Gasteiger partial charge in [-0.1, -0.05) is 15.9 Å². The van der Waals surface area contributed by atoms with Crippen molar-refractivity contribution in [3.63, 3.8) is 0 Å². The Morgan fingerprint density at radius 3 is 2.63 bits per heavy atom. The molecule has 2 aromatic rings. The van der Waals surface area contributed by atoms with Gasteiger partial charge in [-0.25, -0.2) is 4.39 Å². The van der Waals surface area contributed by atoms with Crippen molar-refractivity contribution in [2.45, 2.75) is 11.6 Å². The molecule has 1 aromatic heterocycles. The Morgan fingerprint density at radius 1 is 1.32 bits per heavy atom. The molecule has 0 saturated carbocycles. The van der Waals surface area contributed by atoms with Crippen molar-refractivity contribution in [3.05, 3.63) is 46.4 Å². The predicted octanol–water partition coefficient (Wildman–Crippen LogP) is 2.44. The summed E-state index contributed by atoms with van der Waals surface area (Å²) in [4.78, 5) is 0. The molecule has 0 aliphatic heterocycles. The van der Waals surface area contributed by atoms with Gasteiger partial charge in [-0.3, -0.25) is 4.72 Å². The van der Waals surface area contributed by atoms with Gasteiger partial charge in [0.15, 0.2) is 0 Å². The highest BCUT2D eigenvalue weighted by atomic mass is 79.9. The molecule has 19 heavy (non-hydrogen) atoms. The molecule has 102 valence electrons. The van der Waals surface area contributed by atoms with Crippen LogP contribution in [-0.2, 0) is 16.6 Å². The van der Waals surface area contributed by atoms with E-state index in [1.54, 1.807) is 0 Å². The average Bonchev–Trinajstić information content (AvgIpc) is 2.82. The SMILES string of the molecule is NCc1ccc(S(=O)(=O)Nc2ccc(Br)cc2F)o1. The second kappa shape index (κ2) is 5.32. The fourth-order valence-corrected chi connectivity index (χ4v) is 2.73. The molecule has 1 heterocycles. The number of nitrogens with one attached hydrogen (secondary N) is 1. The number of hydrogen-bond donors (Lipinski definition) is 2. The van der Waals surface area contributed by atoms with E-state index in [1.165, 1.54) is 24.3 Å². The highest BCUT2D eigenvalue weighted by Crippen LogP contribution is 2.23. The highest BCUT2D eigenvalue weighted by Gasteiger charge is 2.20. The molecule has 0 bridgehead atoms. The van der Waals surface area contributed by atoms with Crippen LogP contribution in [0.25, 0.3) is 0 Å². The zero-order chi connectivity index (χ0) is 14.0. The monoisotopic (exact) mass is 348 g/mol. The van der Waals surface area contributed by atoms with Crippen LogP contribution in [0.5, 0.6) is 0 Å². The maximum atomic E-state index is 13.6. The maximum Gasteiger partial charge on any atom is 0.295 e. The van der Waals surface area contributed by atoms with Crippen molar-refractivity contribution >= 4 is 31.6 Å². The zero-order valence-corrected chi connectivity index (χ0v) is 12.0. The van der Waals surface area contributed by atoms with Crippen molar-refractivity contribution in [3.8, 4) is 0 Å². The largest absolute Gasteiger partial charge is 0.446 e. The number of rotatable bonds is 4. The van der Waals surface area contributed by atoms with Crippen molar-refractivity contribution in [2.24, 2.45) is 5.73 Å². The van der Waals surface area contributed by atoms with E-state index in [9.17, 15) is 12.8 Å². The standard InChI is InChI=1S/C11H10BrFN2O3S/c12-7-1-3-10(9(13)5-7)15-19(16,17)11-4-2-8(6-14)18-11/h1-5,15H,6,14H2. The van der Waals surface area contributed by atoms with Gasteiger partial charge < -0.3 is 10.2 Å². The molecule has 1 aromatic carbocycles. The molecular weight excluding hydrogens is 339 g/mol. The summed E-state index contributed by atoms with van der Waals surface area (Å²) in [5.41, 5.74) is 5.17. The molecular formula is C11H10BrFN2O3S. The predicted molar refractivity (Wildman–Crippen MR) is 71.5 cm³/mol. The van der Waals surface area contributed by atoms with E-state index in [0.717, 1.165) is 6.07 Å². The van der Waals surface area contributed by atoms with Gasteiger partial charge in [-0.2, -0.15) is 8.42 Å². The van der Waals surface area contributed by atoms with Crippen LogP contribution in [0, 0.1) is 5.82 Å². The molecule has 0 radical (unpaired) electrons. The van der Waals surface area contributed by atoms with Gasteiger partial charge in [0, 0.05) is 4.47 Å². The van der Waals surface area contributed by atoms with E-state index < -0.39 is 15.8 Å². The third kappa shape index (κ3) is 3.14. The Kier molecular flexibility index (Phi) is 3.93. The fraction of sp³-hybridized carbons (Fsp3) is 0.0909. The van der Waals surface area contributed by atoms with Gasteiger partial charge in [-0.05, 0) is 30.3 Å². The van der Waals surface area contributed by atoms with E-state index in [0.29, 0.717) is 10.2 Å². The molecule has 0 unspecified atom stereocenters. The molecule has 0 amide bonds. The Morgan fingerprint density at radius 2 is 2.05 bits per heavy atom. The number of furan rings is 1. The number of hydrogen-bond acceptors (Lipinski definition) is 4. The summed E-state index contributed by atoms with van der Waals surface area (Å²) in [6.07, 6.45) is 0. The Balaban J connectivity index is 2.30. The molecule has 0 atom stereocenters. The minimum absolute atomic E-state index is 0.0855. The number of sulfonamides is 1. The van der Waals surface area contributed by atoms with E-state index in [4.69, 9.17) is 10.2 Å². The van der Waals surface area contributed by atoms with Crippen molar-refractivity contribution < 1.29 is 17.2 Å². The lowest BCUT2D eigenvalue weighted by molar-refractivity contribution is 0.417. The van der Waals surface area contributed by atoms with Gasteiger partial charge >= 0.3 is 0 Å². The molecule has 2 rings (SSSR count). The summed E-state index contributed by atoms with van der Waals surface area (Å²) in [5.74, 6) is -0.361. The molecule has 8 heteroatoms. The maximum absolute atomic E-state index is 13.6. The molecule has 0 aliphatic carbocycles. The normalized spacial score (nSPS) is 11.5. The van der Waals surface area contributed by atoms with E-state index in [-0.39, 0.29) is 17.3 Å². The number of benzene rings is 1. The minimum Gasteiger partial charge on any atom is -0.446 e. The highest BCUT2D eigenvalue weighted by molar-refractivity contribution is 9.10. The summed E-state index contributed by atoms with van der Waals surface area (Å²) in [6.45, 7) is 0.0855. The Labute approximate surface area is 117 Å². The summed E-state index contributed by atoms with van der Waals surface area (Å²) < 4.78 is 45.1. The molecule has 0 aliphatic rings. The van der Waals surface area contributed by atoms with E-state index in [2.05, 4.69) is 20.7 Å². The summed E-state index contributed by atoms with van der Waals surface area (Å²) in [6, 6.07) is 6.71. The Bertz CT molecular complexity index is 700. The fourth-order valence-electron chi connectivity index (χ4n) is 1.38. The van der Waals surface area contributed by atoms with Crippen molar-refractivity contribution in [1.29, 1.82) is 0 Å². The van der Waals surface area contributed by atoms with Crippen molar-refractivity contribution in [2.75, 3.05) is 4.72 Å². The third-order valence-electron chi connectivity index (χ3n) is 2.28. The lowest BCUT2D eigenvalue weighted by Crippen LogP contribution is -2.13. The first-order valence-corrected chi connectivity index (χ1v) is 7.46. The number of halogens is 2. The topological polar surface area (TPSA) is 85.3 Å². The molecule has 0 saturated heterocycles. The quantitative estimate of drug-likeness (QED) is 0.888. The summed E-state index contributed by atoms with van der Waals surface area (Å²) >= 11 is 3.08. The van der Waals surface area contributed by atoms with Gasteiger partial charge in [0.2, 0.25) is 5.09 Å². The minimum atomic E-state index is -3.97. The second-order valence-corrected chi connectivity index (χ2v) is 6.18. The van der Waals surface area contributed by atoms with Gasteiger partial charge in [-0.15, -0.1) is 0 Å². The molecule has 0 fully saturated rings. The third-order valence-corrected chi connectivity index (χ3v) is 4.01. The lowest BCUT2D eigenvalue weighted by Gasteiger charge is -2.07. The first-order chi connectivity index (χ1) is 8.92. The first kappa shape index (κ1) is 14.0. The van der Waals surface area contributed by atoms with Crippen LogP contribution in [0.15, 0.2) is 44.3 Å². The van der Waals surface area contributed by atoms with Crippen LogP contribution in [0.4, 0.5) is 10.1 Å². The smallest absolute Gasteiger partial charge is 0.295 e. The van der Waals surface area contributed by atoms with Gasteiger partial charge in [0.25, 0.3) is 10.0 Å².